The van der Waals surface area contributed by atoms with Gasteiger partial charge in [0.2, 0.25) is 11.8 Å². The van der Waals surface area contributed by atoms with E-state index >= 15 is 0 Å². The number of aromatic amines is 1. The summed E-state index contributed by atoms with van der Waals surface area (Å²) in [6.45, 7) is 3.79. The van der Waals surface area contributed by atoms with Crippen LogP contribution in [0.3, 0.4) is 0 Å². The van der Waals surface area contributed by atoms with Crippen LogP contribution in [-0.2, 0) is 16.0 Å². The Balaban J connectivity index is 1.68. The Morgan fingerprint density at radius 1 is 1.11 bits per heavy atom. The number of benzene rings is 2. The van der Waals surface area contributed by atoms with Crippen LogP contribution in [0.25, 0.3) is 10.8 Å². The molecule has 1 aromatic heterocycles. The number of nitrogens with zero attached hydrogens (tertiary/aromatic N) is 2. The molecule has 0 atom stereocenters. The Morgan fingerprint density at radius 2 is 1.82 bits per heavy atom. The normalized spacial score (nSPS) is 10.7. The van der Waals surface area contributed by atoms with Crippen molar-refractivity contribution in [1.82, 2.24) is 15.1 Å². The largest absolute Gasteiger partial charge is 0.336 e. The van der Waals surface area contributed by atoms with Crippen LogP contribution in [0.4, 0.5) is 5.69 Å². The summed E-state index contributed by atoms with van der Waals surface area (Å²) in [6.07, 6.45) is -0.00938. The topological polar surface area (TPSA) is 95.2 Å². The van der Waals surface area contributed by atoms with E-state index in [0.717, 1.165) is 16.8 Å². The van der Waals surface area contributed by atoms with Crippen LogP contribution in [-0.4, -0.2) is 40.5 Å². The van der Waals surface area contributed by atoms with E-state index in [9.17, 15) is 14.4 Å². The first kappa shape index (κ1) is 19.3. The molecule has 0 fully saturated rings. The molecule has 0 radical (unpaired) electrons. The number of likely N-dealkylation sites (N-methyl/N-ethyl adjacent to an activating group) is 1. The Kier molecular flexibility index (Phi) is 5.54. The number of hydrogen-bond acceptors (Lipinski definition) is 4. The van der Waals surface area contributed by atoms with E-state index in [1.807, 2.05) is 32.0 Å². The van der Waals surface area contributed by atoms with Crippen molar-refractivity contribution in [2.45, 2.75) is 20.3 Å². The van der Waals surface area contributed by atoms with Gasteiger partial charge in [0.1, 0.15) is 0 Å². The van der Waals surface area contributed by atoms with Crippen molar-refractivity contribution in [1.29, 1.82) is 0 Å². The zero-order valence-electron chi connectivity index (χ0n) is 16.1. The fourth-order valence-corrected chi connectivity index (χ4v) is 2.95. The Labute approximate surface area is 162 Å². The van der Waals surface area contributed by atoms with E-state index in [2.05, 4.69) is 15.5 Å². The summed E-state index contributed by atoms with van der Waals surface area (Å²) in [5.74, 6) is -0.537. The molecule has 144 valence electrons. The molecule has 2 amide bonds. The third-order valence-electron chi connectivity index (χ3n) is 4.57. The molecule has 0 saturated heterocycles. The average Bonchev–Trinajstić information content (AvgIpc) is 2.67. The molecule has 28 heavy (non-hydrogen) atoms. The van der Waals surface area contributed by atoms with Crippen LogP contribution >= 0.6 is 0 Å². The SMILES string of the molecule is Cc1ccc(C)c(NC(=O)CN(C)C(=O)Cc2n[nH]c(=O)c3ccccc23)c1. The molecule has 2 aromatic carbocycles. The van der Waals surface area contributed by atoms with Crippen LogP contribution in [0, 0.1) is 13.8 Å². The molecule has 7 nitrogen and oxygen atoms in total. The van der Waals surface area contributed by atoms with E-state index in [-0.39, 0.29) is 30.3 Å². The van der Waals surface area contributed by atoms with Gasteiger partial charge in [-0.1, -0.05) is 30.3 Å². The Morgan fingerprint density at radius 3 is 2.57 bits per heavy atom. The molecule has 2 N–H and O–H groups in total. The number of H-pyrrole nitrogens is 1. The molecule has 0 spiro atoms. The molecule has 0 saturated carbocycles. The van der Waals surface area contributed by atoms with Gasteiger partial charge in [-0.05, 0) is 37.1 Å². The standard InChI is InChI=1S/C21H22N4O3/c1-13-8-9-14(2)17(10-13)22-19(26)12-25(3)20(27)11-18-15-6-4-5-7-16(15)21(28)24-23-18/h4-10H,11-12H2,1-3H3,(H,22,26)(H,24,28). The fraction of sp³-hybridized carbons (Fsp3) is 0.238. The fourth-order valence-electron chi connectivity index (χ4n) is 2.95. The van der Waals surface area contributed by atoms with Gasteiger partial charge < -0.3 is 10.2 Å². The minimum atomic E-state index is -0.298. The van der Waals surface area contributed by atoms with Crippen LogP contribution in [0.1, 0.15) is 16.8 Å². The van der Waals surface area contributed by atoms with Crippen molar-refractivity contribution in [3.63, 3.8) is 0 Å². The number of aryl methyl sites for hydroxylation is 2. The number of hydrogen-bond donors (Lipinski definition) is 2. The number of anilines is 1. The summed E-state index contributed by atoms with van der Waals surface area (Å²) in [4.78, 5) is 38.1. The molecular formula is C21H22N4O3. The number of fused-ring (bicyclic) bond motifs is 1. The summed E-state index contributed by atoms with van der Waals surface area (Å²) < 4.78 is 0. The van der Waals surface area contributed by atoms with Crippen molar-refractivity contribution in [2.24, 2.45) is 0 Å². The lowest BCUT2D eigenvalue weighted by molar-refractivity contribution is -0.132. The quantitative estimate of drug-likeness (QED) is 0.711. The minimum absolute atomic E-state index is 0.00938. The maximum Gasteiger partial charge on any atom is 0.272 e. The highest BCUT2D eigenvalue weighted by molar-refractivity contribution is 5.96. The lowest BCUT2D eigenvalue weighted by Gasteiger charge is -2.17. The number of carbonyl (C=O) groups excluding carboxylic acids is 2. The van der Waals surface area contributed by atoms with E-state index < -0.39 is 0 Å². The molecule has 0 aliphatic rings. The highest BCUT2D eigenvalue weighted by Gasteiger charge is 2.17. The van der Waals surface area contributed by atoms with E-state index in [0.29, 0.717) is 16.5 Å². The first-order valence-electron chi connectivity index (χ1n) is 8.92. The first-order valence-corrected chi connectivity index (χ1v) is 8.92. The predicted octanol–water partition coefficient (Wildman–Crippen LogP) is 2.18. The summed E-state index contributed by atoms with van der Waals surface area (Å²) >= 11 is 0. The Hall–Kier alpha value is -3.48. The van der Waals surface area contributed by atoms with Gasteiger partial charge in [-0.25, -0.2) is 5.10 Å². The van der Waals surface area contributed by atoms with Gasteiger partial charge in [0.25, 0.3) is 5.56 Å². The molecular weight excluding hydrogens is 356 g/mol. The highest BCUT2D eigenvalue weighted by Crippen LogP contribution is 2.16. The lowest BCUT2D eigenvalue weighted by atomic mass is 10.1. The molecule has 3 rings (SSSR count). The Bertz CT molecular complexity index is 1100. The number of nitrogens with one attached hydrogen (secondary N) is 2. The zero-order valence-corrected chi connectivity index (χ0v) is 16.1. The van der Waals surface area contributed by atoms with Gasteiger partial charge >= 0.3 is 0 Å². The highest BCUT2D eigenvalue weighted by atomic mass is 16.2. The second kappa shape index (κ2) is 8.04. The molecule has 0 aliphatic heterocycles. The van der Waals surface area contributed by atoms with Crippen molar-refractivity contribution < 1.29 is 9.59 Å². The summed E-state index contributed by atoms with van der Waals surface area (Å²) in [7, 11) is 1.57. The van der Waals surface area contributed by atoms with Crippen molar-refractivity contribution >= 4 is 28.3 Å². The third kappa shape index (κ3) is 4.25. The van der Waals surface area contributed by atoms with E-state index in [4.69, 9.17) is 0 Å². The molecule has 0 aliphatic carbocycles. The van der Waals surface area contributed by atoms with Crippen LogP contribution in [0.2, 0.25) is 0 Å². The van der Waals surface area contributed by atoms with E-state index in [1.54, 1.807) is 31.3 Å². The van der Waals surface area contributed by atoms with Crippen LogP contribution < -0.4 is 10.9 Å². The lowest BCUT2D eigenvalue weighted by Crippen LogP contribution is -2.36. The summed E-state index contributed by atoms with van der Waals surface area (Å²) in [6, 6.07) is 12.8. The van der Waals surface area contributed by atoms with Crippen molar-refractivity contribution in [3.8, 4) is 0 Å². The summed E-state index contributed by atoms with van der Waals surface area (Å²) in [5, 5.41) is 10.4. The minimum Gasteiger partial charge on any atom is -0.336 e. The zero-order chi connectivity index (χ0) is 20.3. The van der Waals surface area contributed by atoms with Crippen molar-refractivity contribution in [3.05, 3.63) is 69.6 Å². The monoisotopic (exact) mass is 378 g/mol. The number of carbonyl (C=O) groups is 2. The number of rotatable bonds is 5. The van der Waals surface area contributed by atoms with Gasteiger partial charge in [0, 0.05) is 18.1 Å². The molecule has 0 unspecified atom stereocenters. The third-order valence-corrected chi connectivity index (χ3v) is 4.57. The van der Waals surface area contributed by atoms with Gasteiger partial charge in [-0.15, -0.1) is 0 Å². The smallest absolute Gasteiger partial charge is 0.272 e. The first-order chi connectivity index (χ1) is 13.3. The maximum absolute atomic E-state index is 12.6. The van der Waals surface area contributed by atoms with Gasteiger partial charge in [-0.3, -0.25) is 14.4 Å². The summed E-state index contributed by atoms with van der Waals surface area (Å²) in [5.41, 5.74) is 2.91. The molecule has 3 aromatic rings. The van der Waals surface area contributed by atoms with Crippen LogP contribution in [0.15, 0.2) is 47.3 Å². The number of amides is 2. The predicted molar refractivity (Wildman–Crippen MR) is 108 cm³/mol. The van der Waals surface area contributed by atoms with Gasteiger partial charge in [0.05, 0.1) is 24.0 Å². The molecule has 7 heteroatoms. The van der Waals surface area contributed by atoms with E-state index in [1.165, 1.54) is 4.90 Å². The second-order valence-electron chi connectivity index (χ2n) is 6.84. The van der Waals surface area contributed by atoms with Gasteiger partial charge in [-0.2, -0.15) is 5.10 Å². The average molecular weight is 378 g/mol. The molecule has 0 bridgehead atoms. The number of aromatic nitrogens is 2. The molecule has 1 heterocycles. The van der Waals surface area contributed by atoms with Crippen LogP contribution in [0.5, 0.6) is 0 Å². The van der Waals surface area contributed by atoms with Crippen molar-refractivity contribution in [2.75, 3.05) is 18.9 Å². The second-order valence-corrected chi connectivity index (χ2v) is 6.84. The maximum atomic E-state index is 12.6. The van der Waals surface area contributed by atoms with Gasteiger partial charge in [0.15, 0.2) is 0 Å².